The number of carboxylic acid groups (broad SMARTS) is 1. The van der Waals surface area contributed by atoms with Gasteiger partial charge in [0.1, 0.15) is 5.54 Å². The number of carboxylic acids is 1. The van der Waals surface area contributed by atoms with E-state index in [0.717, 1.165) is 18.5 Å². The molecule has 1 aromatic heterocycles. The van der Waals surface area contributed by atoms with Crippen LogP contribution in [0.5, 0.6) is 0 Å². The van der Waals surface area contributed by atoms with Crippen LogP contribution in [0.15, 0.2) is 12.4 Å². The molecule has 0 bridgehead atoms. The SMILES string of the molecule is CCNC(CC)(CCCn1cc(C)cn1)C(=O)O. The first-order chi connectivity index (χ1) is 8.54. The summed E-state index contributed by atoms with van der Waals surface area (Å²) in [6, 6.07) is 0. The average molecular weight is 253 g/mol. The van der Waals surface area contributed by atoms with E-state index in [0.29, 0.717) is 19.4 Å². The Hall–Kier alpha value is -1.36. The van der Waals surface area contributed by atoms with Crippen molar-refractivity contribution in [2.24, 2.45) is 0 Å². The van der Waals surface area contributed by atoms with E-state index in [9.17, 15) is 9.90 Å². The number of nitrogens with zero attached hydrogens (tertiary/aromatic N) is 2. The summed E-state index contributed by atoms with van der Waals surface area (Å²) in [7, 11) is 0. The number of rotatable bonds is 8. The minimum atomic E-state index is -0.795. The molecule has 1 rings (SSSR count). The number of carbonyl (C=O) groups is 1. The lowest BCUT2D eigenvalue weighted by molar-refractivity contribution is -0.145. The molecule has 0 aliphatic heterocycles. The number of aliphatic carboxylic acids is 1. The Labute approximate surface area is 108 Å². The highest BCUT2D eigenvalue weighted by Gasteiger charge is 2.34. The van der Waals surface area contributed by atoms with Gasteiger partial charge >= 0.3 is 5.97 Å². The molecule has 0 fully saturated rings. The normalized spacial score (nSPS) is 14.4. The summed E-state index contributed by atoms with van der Waals surface area (Å²) in [5.74, 6) is -0.761. The van der Waals surface area contributed by atoms with Crippen molar-refractivity contribution < 1.29 is 9.90 Å². The number of hydrogen-bond donors (Lipinski definition) is 2. The zero-order chi connectivity index (χ0) is 13.6. The summed E-state index contributed by atoms with van der Waals surface area (Å²) in [6.45, 7) is 7.27. The molecule has 1 atom stereocenters. The first kappa shape index (κ1) is 14.7. The number of hydrogen-bond acceptors (Lipinski definition) is 3. The van der Waals surface area contributed by atoms with Gasteiger partial charge in [-0.15, -0.1) is 0 Å². The third-order valence-electron chi connectivity index (χ3n) is 3.28. The molecule has 0 saturated carbocycles. The second-order valence-corrected chi connectivity index (χ2v) is 4.66. The molecule has 18 heavy (non-hydrogen) atoms. The van der Waals surface area contributed by atoms with Crippen molar-refractivity contribution in [2.45, 2.75) is 52.1 Å². The largest absolute Gasteiger partial charge is 0.480 e. The van der Waals surface area contributed by atoms with Crippen molar-refractivity contribution in [3.8, 4) is 0 Å². The molecule has 0 aliphatic carbocycles. The monoisotopic (exact) mass is 253 g/mol. The Balaban J connectivity index is 2.54. The quantitative estimate of drug-likeness (QED) is 0.741. The predicted molar refractivity (Wildman–Crippen MR) is 70.5 cm³/mol. The van der Waals surface area contributed by atoms with Crippen molar-refractivity contribution in [3.63, 3.8) is 0 Å². The first-order valence-corrected chi connectivity index (χ1v) is 6.51. The van der Waals surface area contributed by atoms with Gasteiger partial charge in [0.15, 0.2) is 0 Å². The van der Waals surface area contributed by atoms with Crippen LogP contribution in [0.4, 0.5) is 0 Å². The number of aromatic nitrogens is 2. The van der Waals surface area contributed by atoms with Gasteiger partial charge in [-0.05, 0) is 38.3 Å². The van der Waals surface area contributed by atoms with Crippen LogP contribution < -0.4 is 5.32 Å². The van der Waals surface area contributed by atoms with E-state index < -0.39 is 11.5 Å². The molecule has 0 aromatic carbocycles. The highest BCUT2D eigenvalue weighted by molar-refractivity contribution is 5.78. The first-order valence-electron chi connectivity index (χ1n) is 6.51. The Bertz CT molecular complexity index is 389. The highest BCUT2D eigenvalue weighted by atomic mass is 16.4. The molecular weight excluding hydrogens is 230 g/mol. The minimum absolute atomic E-state index is 0.592. The Morgan fingerprint density at radius 3 is 2.72 bits per heavy atom. The van der Waals surface area contributed by atoms with Gasteiger partial charge < -0.3 is 10.4 Å². The number of nitrogens with one attached hydrogen (secondary N) is 1. The Morgan fingerprint density at radius 2 is 2.28 bits per heavy atom. The Kier molecular flexibility index (Phi) is 5.34. The van der Waals surface area contributed by atoms with Gasteiger partial charge in [0.05, 0.1) is 6.20 Å². The zero-order valence-electron chi connectivity index (χ0n) is 11.4. The lowest BCUT2D eigenvalue weighted by Gasteiger charge is -2.29. The molecule has 0 radical (unpaired) electrons. The standard InChI is InChI=1S/C13H23N3O2/c1-4-13(12(17)18,14-5-2)7-6-8-16-10-11(3)9-15-16/h9-10,14H,4-8H2,1-3H3,(H,17,18). The molecule has 2 N–H and O–H groups in total. The molecular formula is C13H23N3O2. The zero-order valence-corrected chi connectivity index (χ0v) is 11.4. The molecule has 102 valence electrons. The van der Waals surface area contributed by atoms with Crippen molar-refractivity contribution >= 4 is 5.97 Å². The molecule has 1 aromatic rings. The van der Waals surface area contributed by atoms with Gasteiger partial charge in [-0.1, -0.05) is 13.8 Å². The molecule has 0 aliphatic rings. The van der Waals surface area contributed by atoms with E-state index >= 15 is 0 Å². The van der Waals surface area contributed by atoms with E-state index in [2.05, 4.69) is 10.4 Å². The number of aryl methyl sites for hydroxylation is 2. The summed E-state index contributed by atoms with van der Waals surface area (Å²) >= 11 is 0. The van der Waals surface area contributed by atoms with Gasteiger partial charge in [0.25, 0.3) is 0 Å². The maximum absolute atomic E-state index is 11.4. The van der Waals surface area contributed by atoms with Crippen LogP contribution >= 0.6 is 0 Å². The summed E-state index contributed by atoms with van der Waals surface area (Å²) in [6.07, 6.45) is 5.80. The van der Waals surface area contributed by atoms with Crippen LogP contribution in [0.25, 0.3) is 0 Å². The van der Waals surface area contributed by atoms with E-state index in [1.54, 1.807) is 0 Å². The molecule has 0 spiro atoms. The molecule has 1 heterocycles. The van der Waals surface area contributed by atoms with E-state index in [1.807, 2.05) is 37.8 Å². The fourth-order valence-electron chi connectivity index (χ4n) is 2.19. The smallest absolute Gasteiger partial charge is 0.323 e. The van der Waals surface area contributed by atoms with Crippen LogP contribution in [-0.4, -0.2) is 32.9 Å². The van der Waals surface area contributed by atoms with Crippen molar-refractivity contribution in [1.82, 2.24) is 15.1 Å². The van der Waals surface area contributed by atoms with Crippen LogP contribution in [0.1, 0.15) is 38.7 Å². The molecule has 0 amide bonds. The molecule has 0 saturated heterocycles. The van der Waals surface area contributed by atoms with Crippen molar-refractivity contribution in [3.05, 3.63) is 18.0 Å². The average Bonchev–Trinajstić information content (AvgIpc) is 2.73. The second-order valence-electron chi connectivity index (χ2n) is 4.66. The number of likely N-dealkylation sites (N-methyl/N-ethyl adjacent to an activating group) is 1. The topological polar surface area (TPSA) is 67.2 Å². The van der Waals surface area contributed by atoms with E-state index in [4.69, 9.17) is 0 Å². The third kappa shape index (κ3) is 3.57. The van der Waals surface area contributed by atoms with Crippen LogP contribution in [0.3, 0.4) is 0 Å². The fraction of sp³-hybridized carbons (Fsp3) is 0.692. The molecule has 5 heteroatoms. The summed E-state index contributed by atoms with van der Waals surface area (Å²) in [5, 5.41) is 16.7. The van der Waals surface area contributed by atoms with Crippen LogP contribution in [0.2, 0.25) is 0 Å². The second kappa shape index (κ2) is 6.54. The van der Waals surface area contributed by atoms with Crippen LogP contribution in [-0.2, 0) is 11.3 Å². The van der Waals surface area contributed by atoms with Gasteiger partial charge in [0, 0.05) is 12.7 Å². The van der Waals surface area contributed by atoms with Gasteiger partial charge in [0.2, 0.25) is 0 Å². The summed E-state index contributed by atoms with van der Waals surface area (Å²) < 4.78 is 1.86. The Morgan fingerprint density at radius 1 is 1.56 bits per heavy atom. The summed E-state index contributed by atoms with van der Waals surface area (Å²) in [4.78, 5) is 11.4. The minimum Gasteiger partial charge on any atom is -0.480 e. The predicted octanol–water partition coefficient (Wildman–Crippen LogP) is 1.81. The third-order valence-corrected chi connectivity index (χ3v) is 3.28. The van der Waals surface area contributed by atoms with Crippen LogP contribution in [0, 0.1) is 6.92 Å². The van der Waals surface area contributed by atoms with Crippen molar-refractivity contribution in [2.75, 3.05) is 6.54 Å². The van der Waals surface area contributed by atoms with E-state index in [1.165, 1.54) is 0 Å². The maximum Gasteiger partial charge on any atom is 0.323 e. The lowest BCUT2D eigenvalue weighted by atomic mass is 9.90. The van der Waals surface area contributed by atoms with Gasteiger partial charge in [-0.3, -0.25) is 9.48 Å². The summed E-state index contributed by atoms with van der Waals surface area (Å²) in [5.41, 5.74) is 0.332. The highest BCUT2D eigenvalue weighted by Crippen LogP contribution is 2.18. The van der Waals surface area contributed by atoms with E-state index in [-0.39, 0.29) is 0 Å². The van der Waals surface area contributed by atoms with Crippen molar-refractivity contribution in [1.29, 1.82) is 0 Å². The molecule has 5 nitrogen and oxygen atoms in total. The fourth-order valence-corrected chi connectivity index (χ4v) is 2.19. The lowest BCUT2D eigenvalue weighted by Crippen LogP contribution is -2.51. The maximum atomic E-state index is 11.4. The molecule has 1 unspecified atom stereocenters. The van der Waals surface area contributed by atoms with Gasteiger partial charge in [-0.25, -0.2) is 0 Å². The van der Waals surface area contributed by atoms with Gasteiger partial charge in [-0.2, -0.15) is 5.10 Å².